The zero-order valence-electron chi connectivity index (χ0n) is 24.8. The van der Waals surface area contributed by atoms with Crippen molar-refractivity contribution < 1.29 is 28.7 Å². The minimum atomic E-state index is -0.667. The maximum Gasteiger partial charge on any atom is 0.272 e. The van der Waals surface area contributed by atoms with Crippen molar-refractivity contribution in [1.82, 2.24) is 5.32 Å². The van der Waals surface area contributed by atoms with Gasteiger partial charge in [-0.1, -0.05) is 30.3 Å². The van der Waals surface area contributed by atoms with E-state index in [0.717, 1.165) is 4.90 Å². The summed E-state index contributed by atoms with van der Waals surface area (Å²) >= 11 is 4.66. The number of amides is 4. The standard InChI is InChI=1S/C35H28BrN3O6S/c1-21(40)23-12-14-26(15-13-23)39-32(41)20-31(35(39)44)46-27-10-6-9-25(19-27)37-34(43)29(38-33(42)24-7-4-3-5-8-24)18-22-11-16-30(45-2)28(36)17-22/h3-19,31H,20H2,1-2H3,(H,37,43)(H,38,42)/b29-18-. The molecule has 4 aromatic rings. The van der Waals surface area contributed by atoms with Crippen LogP contribution < -0.4 is 20.3 Å². The van der Waals surface area contributed by atoms with Crippen molar-refractivity contribution in [2.24, 2.45) is 0 Å². The molecule has 232 valence electrons. The number of nitrogens with zero attached hydrogens (tertiary/aromatic N) is 1. The molecule has 4 aromatic carbocycles. The highest BCUT2D eigenvalue weighted by molar-refractivity contribution is 9.10. The van der Waals surface area contributed by atoms with E-state index in [-0.39, 0.29) is 29.7 Å². The summed E-state index contributed by atoms with van der Waals surface area (Å²) in [5.74, 6) is -1.21. The Hall–Kier alpha value is -5.00. The third-order valence-corrected chi connectivity index (χ3v) is 8.82. The number of hydrogen-bond acceptors (Lipinski definition) is 7. The first kappa shape index (κ1) is 32.4. The van der Waals surface area contributed by atoms with Crippen molar-refractivity contribution in [2.75, 3.05) is 17.3 Å². The van der Waals surface area contributed by atoms with E-state index < -0.39 is 17.1 Å². The first-order chi connectivity index (χ1) is 22.1. The molecule has 9 nitrogen and oxygen atoms in total. The van der Waals surface area contributed by atoms with E-state index in [9.17, 15) is 24.0 Å². The molecule has 5 rings (SSSR count). The number of anilines is 2. The van der Waals surface area contributed by atoms with E-state index in [1.807, 2.05) is 0 Å². The summed E-state index contributed by atoms with van der Waals surface area (Å²) in [7, 11) is 1.55. The van der Waals surface area contributed by atoms with E-state index in [1.165, 1.54) is 18.7 Å². The van der Waals surface area contributed by atoms with Crippen LogP contribution in [0.4, 0.5) is 11.4 Å². The van der Waals surface area contributed by atoms with Crippen LogP contribution in [0.2, 0.25) is 0 Å². The summed E-state index contributed by atoms with van der Waals surface area (Å²) in [6.07, 6.45) is 1.56. The second-order valence-corrected chi connectivity index (χ2v) is 12.4. The Morgan fingerprint density at radius 2 is 1.65 bits per heavy atom. The van der Waals surface area contributed by atoms with Crippen molar-refractivity contribution in [3.63, 3.8) is 0 Å². The monoisotopic (exact) mass is 697 g/mol. The maximum absolute atomic E-state index is 13.5. The van der Waals surface area contributed by atoms with E-state index in [4.69, 9.17) is 4.74 Å². The Bertz CT molecular complexity index is 1860. The van der Waals surface area contributed by atoms with Crippen LogP contribution in [-0.4, -0.2) is 41.8 Å². The number of hydrogen-bond donors (Lipinski definition) is 2. The molecule has 1 unspecified atom stereocenters. The molecule has 11 heteroatoms. The molecule has 0 spiro atoms. The summed E-state index contributed by atoms with van der Waals surface area (Å²) in [6, 6.07) is 27.0. The minimum absolute atomic E-state index is 0.00434. The van der Waals surface area contributed by atoms with Gasteiger partial charge in [-0.05, 0) is 101 Å². The Balaban J connectivity index is 1.33. The van der Waals surface area contributed by atoms with Gasteiger partial charge in [0.15, 0.2) is 5.78 Å². The summed E-state index contributed by atoms with van der Waals surface area (Å²) in [4.78, 5) is 66.0. The number of ether oxygens (including phenoxy) is 1. The lowest BCUT2D eigenvalue weighted by Crippen LogP contribution is -2.31. The van der Waals surface area contributed by atoms with Gasteiger partial charge in [-0.2, -0.15) is 0 Å². The van der Waals surface area contributed by atoms with Gasteiger partial charge in [-0.3, -0.25) is 24.0 Å². The molecule has 0 radical (unpaired) electrons. The molecule has 0 bridgehead atoms. The molecule has 0 saturated carbocycles. The van der Waals surface area contributed by atoms with Gasteiger partial charge >= 0.3 is 0 Å². The molecule has 1 saturated heterocycles. The van der Waals surface area contributed by atoms with Gasteiger partial charge < -0.3 is 15.4 Å². The van der Waals surface area contributed by atoms with Crippen molar-refractivity contribution in [3.05, 3.63) is 124 Å². The molecule has 2 N–H and O–H groups in total. The van der Waals surface area contributed by atoms with E-state index in [0.29, 0.717) is 43.2 Å². The number of rotatable bonds is 10. The summed E-state index contributed by atoms with van der Waals surface area (Å²) in [5, 5.41) is 4.88. The highest BCUT2D eigenvalue weighted by atomic mass is 79.9. The normalized spacial score (nSPS) is 14.6. The van der Waals surface area contributed by atoms with Gasteiger partial charge in [0.25, 0.3) is 11.8 Å². The fourth-order valence-electron chi connectivity index (χ4n) is 4.70. The average Bonchev–Trinajstić information content (AvgIpc) is 3.32. The third kappa shape index (κ3) is 7.61. The SMILES string of the molecule is COc1ccc(/C=C(\NC(=O)c2ccccc2)C(=O)Nc2cccc(SC3CC(=O)N(c4ccc(C(C)=O)cc4)C3=O)c2)cc1Br. The number of carbonyl (C=O) groups is 5. The number of thioether (sulfide) groups is 1. The maximum atomic E-state index is 13.5. The average molecular weight is 699 g/mol. The number of carbonyl (C=O) groups excluding carboxylic acids is 5. The summed E-state index contributed by atoms with van der Waals surface area (Å²) in [6.45, 7) is 1.45. The first-order valence-electron chi connectivity index (χ1n) is 14.1. The van der Waals surface area contributed by atoms with Crippen molar-refractivity contribution in [2.45, 2.75) is 23.5 Å². The van der Waals surface area contributed by atoms with Crippen LogP contribution in [0.3, 0.4) is 0 Å². The zero-order valence-corrected chi connectivity index (χ0v) is 27.2. The summed E-state index contributed by atoms with van der Waals surface area (Å²) < 4.78 is 5.97. The van der Waals surface area contributed by atoms with Gasteiger partial charge in [-0.15, -0.1) is 11.8 Å². The molecule has 1 fully saturated rings. The van der Waals surface area contributed by atoms with E-state index in [1.54, 1.807) is 110 Å². The van der Waals surface area contributed by atoms with Crippen LogP contribution in [0.1, 0.15) is 39.6 Å². The van der Waals surface area contributed by atoms with Crippen LogP contribution in [-0.2, 0) is 14.4 Å². The lowest BCUT2D eigenvalue weighted by molar-refractivity contribution is -0.121. The lowest BCUT2D eigenvalue weighted by atomic mass is 10.1. The third-order valence-electron chi connectivity index (χ3n) is 7.02. The van der Waals surface area contributed by atoms with Gasteiger partial charge in [0.2, 0.25) is 11.8 Å². The minimum Gasteiger partial charge on any atom is -0.496 e. The van der Waals surface area contributed by atoms with Crippen LogP contribution >= 0.6 is 27.7 Å². The van der Waals surface area contributed by atoms with Crippen molar-refractivity contribution in [3.8, 4) is 5.75 Å². The zero-order chi connectivity index (χ0) is 32.8. The van der Waals surface area contributed by atoms with Crippen LogP contribution in [0.15, 0.2) is 112 Å². The van der Waals surface area contributed by atoms with Gasteiger partial charge in [-0.25, -0.2) is 4.90 Å². The molecule has 0 aliphatic carbocycles. The highest BCUT2D eigenvalue weighted by Gasteiger charge is 2.40. The summed E-state index contributed by atoms with van der Waals surface area (Å²) in [5.41, 5.74) is 2.36. The van der Waals surface area contributed by atoms with Gasteiger partial charge in [0.05, 0.1) is 22.5 Å². The van der Waals surface area contributed by atoms with Crippen LogP contribution in [0.5, 0.6) is 5.75 Å². The van der Waals surface area contributed by atoms with Crippen molar-refractivity contribution >= 4 is 74.6 Å². The van der Waals surface area contributed by atoms with Crippen molar-refractivity contribution in [1.29, 1.82) is 0 Å². The highest BCUT2D eigenvalue weighted by Crippen LogP contribution is 2.35. The molecule has 1 aliphatic rings. The predicted molar refractivity (Wildman–Crippen MR) is 181 cm³/mol. The Labute approximate surface area is 278 Å². The fraction of sp³-hybridized carbons (Fsp3) is 0.114. The molecule has 1 atom stereocenters. The van der Waals surface area contributed by atoms with E-state index >= 15 is 0 Å². The molecular formula is C35H28BrN3O6S. The number of Topliss-reactive ketones (excluding diaryl/α,β-unsaturated/α-hetero) is 1. The van der Waals surface area contributed by atoms with Gasteiger partial charge in [0.1, 0.15) is 11.4 Å². The molecular weight excluding hydrogens is 670 g/mol. The molecule has 4 amide bonds. The second-order valence-electron chi connectivity index (χ2n) is 10.2. The smallest absolute Gasteiger partial charge is 0.272 e. The number of halogens is 1. The largest absolute Gasteiger partial charge is 0.496 e. The van der Waals surface area contributed by atoms with Crippen LogP contribution in [0.25, 0.3) is 6.08 Å². The lowest BCUT2D eigenvalue weighted by Gasteiger charge is -2.15. The molecule has 1 aliphatic heterocycles. The van der Waals surface area contributed by atoms with E-state index in [2.05, 4.69) is 26.6 Å². The number of methoxy groups -OCH3 is 1. The number of benzene rings is 4. The Morgan fingerprint density at radius 1 is 0.913 bits per heavy atom. The first-order valence-corrected chi connectivity index (χ1v) is 15.8. The Kier molecular flexibility index (Phi) is 10.1. The number of ketones is 1. The quantitative estimate of drug-likeness (QED) is 0.110. The predicted octanol–water partition coefficient (Wildman–Crippen LogP) is 6.49. The molecule has 0 aromatic heterocycles. The van der Waals surface area contributed by atoms with Crippen LogP contribution in [0, 0.1) is 0 Å². The second kappa shape index (κ2) is 14.4. The molecule has 46 heavy (non-hydrogen) atoms. The fourth-order valence-corrected chi connectivity index (χ4v) is 6.38. The number of imide groups is 1. The topological polar surface area (TPSA) is 122 Å². The molecule has 1 heterocycles. The Morgan fingerprint density at radius 3 is 2.33 bits per heavy atom. The van der Waals surface area contributed by atoms with Gasteiger partial charge in [0, 0.05) is 28.1 Å². The number of nitrogens with one attached hydrogen (secondary N) is 2.